The first-order valence-corrected chi connectivity index (χ1v) is 6.55. The largest absolute Gasteiger partial charge is 0.375 e. The normalized spacial score (nSPS) is 24.4. The highest BCUT2D eigenvalue weighted by Gasteiger charge is 2.21. The lowest BCUT2D eigenvalue weighted by Gasteiger charge is -2.22. The van der Waals surface area contributed by atoms with Crippen molar-refractivity contribution in [3.63, 3.8) is 0 Å². The zero-order chi connectivity index (χ0) is 10.6. The Balaban J connectivity index is 2.09. The Morgan fingerprint density at radius 1 is 1.43 bits per heavy atom. The molecule has 84 valence electrons. The summed E-state index contributed by atoms with van der Waals surface area (Å²) in [7, 11) is 0. The van der Waals surface area contributed by atoms with E-state index < -0.39 is 0 Å². The molecule has 1 rings (SSSR count). The van der Waals surface area contributed by atoms with E-state index in [0.29, 0.717) is 0 Å². The molecular weight excluding hydrogens is 242 g/mol. The Morgan fingerprint density at radius 2 is 2.14 bits per heavy atom. The van der Waals surface area contributed by atoms with Crippen molar-refractivity contribution in [3.05, 3.63) is 0 Å². The van der Waals surface area contributed by atoms with Crippen molar-refractivity contribution in [2.75, 3.05) is 31.6 Å². The van der Waals surface area contributed by atoms with E-state index >= 15 is 0 Å². The number of rotatable bonds is 4. The van der Waals surface area contributed by atoms with E-state index in [1.165, 1.54) is 19.5 Å². The standard InChI is InChI=1S/C11H22BrNO/c1-11(2,3)14-7-6-13-5-4-10(8-12)9-13/h10H,4-9H2,1-3H3. The van der Waals surface area contributed by atoms with Crippen molar-refractivity contribution in [1.82, 2.24) is 4.90 Å². The second kappa shape index (κ2) is 5.47. The van der Waals surface area contributed by atoms with Gasteiger partial charge in [-0.25, -0.2) is 0 Å². The van der Waals surface area contributed by atoms with E-state index in [0.717, 1.165) is 24.4 Å². The molecule has 0 aliphatic carbocycles. The van der Waals surface area contributed by atoms with Crippen LogP contribution in [0.1, 0.15) is 27.2 Å². The maximum atomic E-state index is 5.71. The van der Waals surface area contributed by atoms with Crippen LogP contribution in [0, 0.1) is 5.92 Å². The molecule has 0 spiro atoms. The van der Waals surface area contributed by atoms with E-state index in [4.69, 9.17) is 4.74 Å². The third kappa shape index (κ3) is 4.76. The van der Waals surface area contributed by atoms with Crippen molar-refractivity contribution >= 4 is 15.9 Å². The summed E-state index contributed by atoms with van der Waals surface area (Å²) < 4.78 is 5.71. The number of ether oxygens (including phenoxy) is 1. The topological polar surface area (TPSA) is 12.5 Å². The van der Waals surface area contributed by atoms with E-state index in [9.17, 15) is 0 Å². The molecule has 1 atom stereocenters. The summed E-state index contributed by atoms with van der Waals surface area (Å²) >= 11 is 3.55. The van der Waals surface area contributed by atoms with Crippen LogP contribution in [0.5, 0.6) is 0 Å². The number of likely N-dealkylation sites (tertiary alicyclic amines) is 1. The summed E-state index contributed by atoms with van der Waals surface area (Å²) in [4.78, 5) is 2.50. The van der Waals surface area contributed by atoms with Gasteiger partial charge in [-0.1, -0.05) is 15.9 Å². The van der Waals surface area contributed by atoms with Gasteiger partial charge in [-0.05, 0) is 39.7 Å². The molecule has 14 heavy (non-hydrogen) atoms. The molecule has 0 saturated carbocycles. The molecule has 1 unspecified atom stereocenters. The Hall–Kier alpha value is 0.400. The van der Waals surface area contributed by atoms with Crippen LogP contribution in [0.2, 0.25) is 0 Å². The number of alkyl halides is 1. The Morgan fingerprint density at radius 3 is 2.64 bits per heavy atom. The Kier molecular flexibility index (Phi) is 4.88. The number of hydrogen-bond acceptors (Lipinski definition) is 2. The predicted molar refractivity (Wildman–Crippen MR) is 64.0 cm³/mol. The van der Waals surface area contributed by atoms with Crippen LogP contribution in [0.4, 0.5) is 0 Å². The fourth-order valence-electron chi connectivity index (χ4n) is 1.72. The average molecular weight is 264 g/mol. The highest BCUT2D eigenvalue weighted by Crippen LogP contribution is 2.17. The van der Waals surface area contributed by atoms with Gasteiger partial charge in [0, 0.05) is 18.4 Å². The monoisotopic (exact) mass is 263 g/mol. The van der Waals surface area contributed by atoms with Crippen molar-refractivity contribution in [2.45, 2.75) is 32.8 Å². The molecule has 1 fully saturated rings. The molecule has 0 aromatic carbocycles. The van der Waals surface area contributed by atoms with E-state index in [1.807, 2.05) is 0 Å². The molecule has 1 heterocycles. The van der Waals surface area contributed by atoms with Crippen LogP contribution in [0.15, 0.2) is 0 Å². The average Bonchev–Trinajstić information content (AvgIpc) is 2.50. The lowest BCUT2D eigenvalue weighted by atomic mass is 10.2. The first-order chi connectivity index (χ1) is 6.51. The van der Waals surface area contributed by atoms with E-state index in [1.54, 1.807) is 0 Å². The molecule has 1 saturated heterocycles. The van der Waals surface area contributed by atoms with Crippen LogP contribution < -0.4 is 0 Å². The van der Waals surface area contributed by atoms with Crippen LogP contribution in [0.25, 0.3) is 0 Å². The van der Waals surface area contributed by atoms with Crippen LogP contribution in [-0.4, -0.2) is 42.1 Å². The van der Waals surface area contributed by atoms with Gasteiger partial charge in [0.05, 0.1) is 12.2 Å². The molecule has 3 heteroatoms. The zero-order valence-electron chi connectivity index (χ0n) is 9.55. The third-order valence-electron chi connectivity index (χ3n) is 2.53. The Labute approximate surface area is 96.1 Å². The Bertz CT molecular complexity index is 167. The fourth-order valence-corrected chi connectivity index (χ4v) is 2.25. The van der Waals surface area contributed by atoms with Gasteiger partial charge in [0.25, 0.3) is 0 Å². The number of nitrogens with zero attached hydrogens (tertiary/aromatic N) is 1. The number of hydrogen-bond donors (Lipinski definition) is 0. The quantitative estimate of drug-likeness (QED) is 0.723. The van der Waals surface area contributed by atoms with Gasteiger partial charge in [0.15, 0.2) is 0 Å². The van der Waals surface area contributed by atoms with E-state index in [-0.39, 0.29) is 5.60 Å². The first kappa shape index (κ1) is 12.5. The molecule has 1 aliphatic rings. The zero-order valence-corrected chi connectivity index (χ0v) is 11.1. The van der Waals surface area contributed by atoms with Crippen LogP contribution in [0.3, 0.4) is 0 Å². The molecule has 2 nitrogen and oxygen atoms in total. The summed E-state index contributed by atoms with van der Waals surface area (Å²) in [6.07, 6.45) is 1.33. The highest BCUT2D eigenvalue weighted by atomic mass is 79.9. The van der Waals surface area contributed by atoms with Gasteiger partial charge in [0.1, 0.15) is 0 Å². The molecule has 0 amide bonds. The summed E-state index contributed by atoms with van der Waals surface area (Å²) in [5, 5.41) is 1.14. The lowest BCUT2D eigenvalue weighted by molar-refractivity contribution is -0.0111. The predicted octanol–water partition coefficient (Wildman–Crippen LogP) is 2.52. The van der Waals surface area contributed by atoms with Crippen molar-refractivity contribution in [3.8, 4) is 0 Å². The SMILES string of the molecule is CC(C)(C)OCCN1CCC(CBr)C1. The fraction of sp³-hybridized carbons (Fsp3) is 1.00. The summed E-state index contributed by atoms with van der Waals surface area (Å²) in [5.41, 5.74) is 0.00848. The van der Waals surface area contributed by atoms with Crippen LogP contribution in [-0.2, 0) is 4.74 Å². The maximum Gasteiger partial charge on any atom is 0.0600 e. The van der Waals surface area contributed by atoms with Gasteiger partial charge in [-0.2, -0.15) is 0 Å². The highest BCUT2D eigenvalue weighted by molar-refractivity contribution is 9.09. The van der Waals surface area contributed by atoms with Gasteiger partial charge in [-0.3, -0.25) is 0 Å². The van der Waals surface area contributed by atoms with Crippen LogP contribution >= 0.6 is 15.9 Å². The van der Waals surface area contributed by atoms with Crippen molar-refractivity contribution in [1.29, 1.82) is 0 Å². The van der Waals surface area contributed by atoms with E-state index in [2.05, 4.69) is 41.6 Å². The number of halogens is 1. The molecular formula is C11H22BrNO. The summed E-state index contributed by atoms with van der Waals surface area (Å²) in [5.74, 6) is 0.852. The first-order valence-electron chi connectivity index (χ1n) is 5.43. The molecule has 0 radical (unpaired) electrons. The summed E-state index contributed by atoms with van der Waals surface area (Å²) in [6.45, 7) is 10.7. The molecule has 0 aromatic rings. The van der Waals surface area contributed by atoms with Gasteiger partial charge < -0.3 is 9.64 Å². The lowest BCUT2D eigenvalue weighted by Crippen LogP contribution is -2.29. The minimum atomic E-state index is 0.00848. The van der Waals surface area contributed by atoms with Gasteiger partial charge in [-0.15, -0.1) is 0 Å². The van der Waals surface area contributed by atoms with Gasteiger partial charge >= 0.3 is 0 Å². The molecule has 0 aromatic heterocycles. The van der Waals surface area contributed by atoms with Crippen molar-refractivity contribution in [2.24, 2.45) is 5.92 Å². The smallest absolute Gasteiger partial charge is 0.0600 e. The minimum Gasteiger partial charge on any atom is -0.375 e. The molecule has 0 bridgehead atoms. The second-order valence-electron chi connectivity index (χ2n) is 5.07. The minimum absolute atomic E-state index is 0.00848. The second-order valence-corrected chi connectivity index (χ2v) is 5.72. The van der Waals surface area contributed by atoms with Gasteiger partial charge in [0.2, 0.25) is 0 Å². The molecule has 1 aliphatic heterocycles. The molecule has 0 N–H and O–H groups in total. The third-order valence-corrected chi connectivity index (χ3v) is 3.45. The van der Waals surface area contributed by atoms with Crippen molar-refractivity contribution < 1.29 is 4.74 Å². The summed E-state index contributed by atoms with van der Waals surface area (Å²) in [6, 6.07) is 0. The maximum absolute atomic E-state index is 5.71.